The number of ether oxygens (including phenoxy) is 1. The first-order valence-corrected chi connectivity index (χ1v) is 12.0. The number of halogens is 6. The normalized spacial score (nSPS) is 25.1. The molecule has 2 atom stereocenters. The number of alkyl halides is 3. The van der Waals surface area contributed by atoms with Gasteiger partial charge in [-0.2, -0.15) is 18.3 Å². The van der Waals surface area contributed by atoms with Crippen LogP contribution in [0.5, 0.6) is 0 Å². The van der Waals surface area contributed by atoms with Crippen LogP contribution in [-0.2, 0) is 4.74 Å². The van der Waals surface area contributed by atoms with Crippen molar-refractivity contribution in [3.63, 3.8) is 0 Å². The van der Waals surface area contributed by atoms with Gasteiger partial charge in [0.05, 0.1) is 18.8 Å². The van der Waals surface area contributed by atoms with E-state index in [2.05, 4.69) is 10.2 Å². The highest BCUT2D eigenvalue weighted by atomic mass is 19.4. The first-order valence-electron chi connectivity index (χ1n) is 12.0. The van der Waals surface area contributed by atoms with Crippen molar-refractivity contribution >= 4 is 6.03 Å². The quantitative estimate of drug-likeness (QED) is 0.398. The van der Waals surface area contributed by atoms with Crippen molar-refractivity contribution in [3.8, 4) is 0 Å². The lowest BCUT2D eigenvalue weighted by molar-refractivity contribution is -0.123. The number of hydrogen-bond donors (Lipinski definition) is 2. The van der Waals surface area contributed by atoms with E-state index in [9.17, 15) is 31.1 Å². The highest BCUT2D eigenvalue weighted by Gasteiger charge is 2.38. The van der Waals surface area contributed by atoms with E-state index in [-0.39, 0.29) is 30.7 Å². The van der Waals surface area contributed by atoms with Crippen LogP contribution in [0.25, 0.3) is 0 Å². The summed E-state index contributed by atoms with van der Waals surface area (Å²) in [5.41, 5.74) is 0.519. The summed E-state index contributed by atoms with van der Waals surface area (Å²) < 4.78 is 86.1. The minimum atomic E-state index is -4.53. The Labute approximate surface area is 204 Å². The number of hydrogen-bond acceptors (Lipinski definition) is 3. The van der Waals surface area contributed by atoms with Gasteiger partial charge in [-0.15, -0.1) is 0 Å². The van der Waals surface area contributed by atoms with Gasteiger partial charge in [-0.3, -0.25) is 5.10 Å². The standard InChI is InChI=1S/C24H28F6N4O2/c25-17-7-8-18(26)22(27)21(17)14-3-5-15(6-4-14)36-12-20-16(19-9-10-32-33-19)2-1-11-34(20)23(35)31-13-24(28,29)30/h7-10,14-16,20H,1-6,11-13H2,(H,31,35)(H,32,33). The molecular weight excluding hydrogens is 490 g/mol. The van der Waals surface area contributed by atoms with Gasteiger partial charge in [0, 0.05) is 29.9 Å². The predicted molar refractivity (Wildman–Crippen MR) is 118 cm³/mol. The van der Waals surface area contributed by atoms with Crippen LogP contribution in [0.15, 0.2) is 24.4 Å². The monoisotopic (exact) mass is 518 g/mol. The lowest BCUT2D eigenvalue weighted by Crippen LogP contribution is -2.54. The number of carbonyl (C=O) groups is 1. The highest BCUT2D eigenvalue weighted by molar-refractivity contribution is 5.75. The molecular formula is C24H28F6N4O2. The molecule has 2 heterocycles. The van der Waals surface area contributed by atoms with Crippen molar-refractivity contribution in [1.29, 1.82) is 0 Å². The van der Waals surface area contributed by atoms with Crippen molar-refractivity contribution in [2.45, 2.75) is 68.7 Å². The van der Waals surface area contributed by atoms with Crippen molar-refractivity contribution < 1.29 is 35.9 Å². The van der Waals surface area contributed by atoms with Crippen LogP contribution in [0.3, 0.4) is 0 Å². The molecule has 2 aromatic rings. The number of nitrogens with zero attached hydrogens (tertiary/aromatic N) is 2. The molecule has 1 saturated carbocycles. The number of benzene rings is 1. The fraction of sp³-hybridized carbons (Fsp3) is 0.583. The number of aromatic nitrogens is 2. The molecule has 2 amide bonds. The lowest BCUT2D eigenvalue weighted by atomic mass is 9.82. The Morgan fingerprint density at radius 3 is 2.47 bits per heavy atom. The summed E-state index contributed by atoms with van der Waals surface area (Å²) in [6, 6.07) is 2.11. The summed E-state index contributed by atoms with van der Waals surface area (Å²) in [7, 11) is 0. The highest BCUT2D eigenvalue weighted by Crippen LogP contribution is 2.38. The van der Waals surface area contributed by atoms with Crippen LogP contribution in [-0.4, -0.2) is 59.1 Å². The fourth-order valence-electron chi connectivity index (χ4n) is 5.30. The van der Waals surface area contributed by atoms with Gasteiger partial charge in [0.25, 0.3) is 0 Å². The molecule has 12 heteroatoms. The molecule has 0 bridgehead atoms. The third-order valence-corrected chi connectivity index (χ3v) is 7.07. The summed E-state index contributed by atoms with van der Waals surface area (Å²) in [6.45, 7) is -1.06. The molecule has 36 heavy (non-hydrogen) atoms. The molecule has 2 aliphatic rings. The molecule has 0 radical (unpaired) electrons. The molecule has 1 saturated heterocycles. The van der Waals surface area contributed by atoms with Crippen LogP contribution in [0.2, 0.25) is 0 Å². The molecule has 6 nitrogen and oxygen atoms in total. The molecule has 1 aliphatic carbocycles. The molecule has 1 aromatic carbocycles. The first kappa shape index (κ1) is 26.3. The maximum atomic E-state index is 14.2. The summed E-state index contributed by atoms with van der Waals surface area (Å²) in [6.07, 6.45) is -0.172. The number of aromatic amines is 1. The largest absolute Gasteiger partial charge is 0.405 e. The molecule has 4 rings (SSSR count). The minimum absolute atomic E-state index is 0.0845. The van der Waals surface area contributed by atoms with Crippen LogP contribution in [0.4, 0.5) is 31.1 Å². The van der Waals surface area contributed by atoms with Crippen molar-refractivity contribution in [3.05, 3.63) is 53.1 Å². The van der Waals surface area contributed by atoms with Gasteiger partial charge in [0.15, 0.2) is 11.6 Å². The number of likely N-dealkylation sites (tertiary alicyclic amines) is 1. The average Bonchev–Trinajstić information content (AvgIpc) is 3.39. The first-order chi connectivity index (χ1) is 17.1. The van der Waals surface area contributed by atoms with Gasteiger partial charge in [0.1, 0.15) is 12.4 Å². The second-order valence-electron chi connectivity index (χ2n) is 9.36. The van der Waals surface area contributed by atoms with Crippen LogP contribution in [0, 0.1) is 17.5 Å². The summed E-state index contributed by atoms with van der Waals surface area (Å²) in [4.78, 5) is 14.0. The van der Waals surface area contributed by atoms with Crippen molar-refractivity contribution in [1.82, 2.24) is 20.4 Å². The zero-order chi connectivity index (χ0) is 25.9. The third-order valence-electron chi connectivity index (χ3n) is 7.07. The number of piperidine rings is 1. The van der Waals surface area contributed by atoms with Gasteiger partial charge < -0.3 is 15.0 Å². The Morgan fingerprint density at radius 2 is 1.81 bits per heavy atom. The zero-order valence-corrected chi connectivity index (χ0v) is 19.5. The van der Waals surface area contributed by atoms with E-state index in [1.807, 2.05) is 5.32 Å². The molecule has 1 aromatic heterocycles. The number of urea groups is 1. The van der Waals surface area contributed by atoms with E-state index in [0.717, 1.165) is 17.8 Å². The molecule has 198 valence electrons. The molecule has 0 spiro atoms. The smallest absolute Gasteiger partial charge is 0.376 e. The lowest BCUT2D eigenvalue weighted by Gasteiger charge is -2.41. The zero-order valence-electron chi connectivity index (χ0n) is 19.5. The van der Waals surface area contributed by atoms with Gasteiger partial charge in [-0.1, -0.05) is 0 Å². The van der Waals surface area contributed by atoms with Crippen molar-refractivity contribution in [2.24, 2.45) is 0 Å². The van der Waals surface area contributed by atoms with E-state index in [0.29, 0.717) is 38.5 Å². The second kappa shape index (κ2) is 11.1. The summed E-state index contributed by atoms with van der Waals surface area (Å²) in [5, 5.41) is 8.78. The van der Waals surface area contributed by atoms with Gasteiger partial charge in [0.2, 0.25) is 0 Å². The topological polar surface area (TPSA) is 70.2 Å². The van der Waals surface area contributed by atoms with E-state index in [1.54, 1.807) is 12.3 Å². The Kier molecular flexibility index (Phi) is 8.11. The summed E-state index contributed by atoms with van der Waals surface area (Å²) in [5.74, 6) is -3.70. The van der Waals surface area contributed by atoms with Crippen molar-refractivity contribution in [2.75, 3.05) is 19.7 Å². The maximum absolute atomic E-state index is 14.2. The van der Waals surface area contributed by atoms with Gasteiger partial charge in [-0.25, -0.2) is 18.0 Å². The SMILES string of the molecule is O=C(NCC(F)(F)F)N1CCCC(c2ccn[nH]2)C1COC1CCC(c2c(F)ccc(F)c2F)CC1. The maximum Gasteiger partial charge on any atom is 0.405 e. The number of nitrogens with one attached hydrogen (secondary N) is 2. The van der Waals surface area contributed by atoms with Gasteiger partial charge >= 0.3 is 12.2 Å². The second-order valence-corrected chi connectivity index (χ2v) is 9.36. The Balaban J connectivity index is 1.40. The van der Waals surface area contributed by atoms with E-state index < -0.39 is 48.2 Å². The molecule has 2 unspecified atom stereocenters. The van der Waals surface area contributed by atoms with Crippen LogP contribution >= 0.6 is 0 Å². The Bertz CT molecular complexity index is 1020. The molecule has 1 aliphatic heterocycles. The van der Waals surface area contributed by atoms with E-state index in [1.165, 1.54) is 4.90 Å². The minimum Gasteiger partial charge on any atom is -0.376 e. The fourth-order valence-corrected chi connectivity index (χ4v) is 5.30. The summed E-state index contributed by atoms with van der Waals surface area (Å²) >= 11 is 0. The third kappa shape index (κ3) is 6.13. The molecule has 2 fully saturated rings. The van der Waals surface area contributed by atoms with E-state index >= 15 is 0 Å². The predicted octanol–water partition coefficient (Wildman–Crippen LogP) is 5.39. The average molecular weight is 519 g/mol. The van der Waals surface area contributed by atoms with E-state index in [4.69, 9.17) is 4.74 Å². The van der Waals surface area contributed by atoms with Crippen LogP contribution < -0.4 is 5.32 Å². The van der Waals surface area contributed by atoms with Gasteiger partial charge in [-0.05, 0) is 62.6 Å². The number of rotatable bonds is 6. The number of H-pyrrole nitrogens is 1. The number of amides is 2. The molecule has 2 N–H and O–H groups in total. The Morgan fingerprint density at radius 1 is 1.08 bits per heavy atom. The number of carbonyl (C=O) groups excluding carboxylic acids is 1. The Hall–Kier alpha value is -2.76. The van der Waals surface area contributed by atoms with Crippen LogP contribution in [0.1, 0.15) is 61.6 Å².